The Balaban J connectivity index is 2.59. The number of benzene rings is 1. The van der Waals surface area contributed by atoms with E-state index < -0.39 is 16.5 Å². The van der Waals surface area contributed by atoms with Crippen molar-refractivity contribution < 1.29 is 14.1 Å². The van der Waals surface area contributed by atoms with Gasteiger partial charge in [0.1, 0.15) is 11.1 Å². The number of non-ortho nitro benzene ring substituents is 1. The van der Waals surface area contributed by atoms with E-state index in [1.54, 1.807) is 13.8 Å². The van der Waals surface area contributed by atoms with Crippen LogP contribution in [0.3, 0.4) is 0 Å². The molecule has 1 heterocycles. The molecule has 1 aromatic carbocycles. The first kappa shape index (κ1) is 14.7. The molecule has 0 atom stereocenters. The summed E-state index contributed by atoms with van der Waals surface area (Å²) in [6.07, 6.45) is 0. The number of hydrogen-bond donors (Lipinski definition) is 0. The molecule has 0 N–H and O–H groups in total. The monoisotopic (exact) mass is 290 g/mol. The van der Waals surface area contributed by atoms with Crippen LogP contribution in [0.15, 0.2) is 33.5 Å². The lowest BCUT2D eigenvalue weighted by atomic mass is 10.1. The minimum atomic E-state index is -0.742. The molecule has 0 aliphatic rings. The second-order valence-electron chi connectivity index (χ2n) is 4.40. The van der Waals surface area contributed by atoms with Crippen LogP contribution in [0.25, 0.3) is 11.0 Å². The molecule has 1 amide bonds. The molecule has 0 saturated carbocycles. The van der Waals surface area contributed by atoms with Gasteiger partial charge in [-0.1, -0.05) is 0 Å². The van der Waals surface area contributed by atoms with Crippen LogP contribution in [0, 0.1) is 10.1 Å². The van der Waals surface area contributed by atoms with Crippen LogP contribution in [0.4, 0.5) is 5.69 Å². The van der Waals surface area contributed by atoms with Crippen molar-refractivity contribution in [2.75, 3.05) is 13.1 Å². The van der Waals surface area contributed by atoms with Gasteiger partial charge in [0.2, 0.25) is 0 Å². The van der Waals surface area contributed by atoms with E-state index in [9.17, 15) is 19.7 Å². The Morgan fingerprint density at radius 1 is 1.29 bits per heavy atom. The number of amides is 1. The van der Waals surface area contributed by atoms with Crippen molar-refractivity contribution in [3.05, 3.63) is 50.4 Å². The summed E-state index contributed by atoms with van der Waals surface area (Å²) in [4.78, 5) is 35.8. The zero-order valence-corrected chi connectivity index (χ0v) is 11.7. The molecule has 2 rings (SSSR count). The first-order valence-electron chi connectivity index (χ1n) is 6.49. The van der Waals surface area contributed by atoms with Gasteiger partial charge in [0.15, 0.2) is 0 Å². The second kappa shape index (κ2) is 5.74. The summed E-state index contributed by atoms with van der Waals surface area (Å²) < 4.78 is 5.06. The molecule has 0 bridgehead atoms. The van der Waals surface area contributed by atoms with Crippen LogP contribution in [-0.2, 0) is 0 Å². The number of nitrogens with zero attached hydrogens (tertiary/aromatic N) is 2. The molecule has 0 fully saturated rings. The van der Waals surface area contributed by atoms with E-state index in [1.165, 1.54) is 29.2 Å². The molecule has 0 unspecified atom stereocenters. The topological polar surface area (TPSA) is 93.7 Å². The third kappa shape index (κ3) is 2.76. The summed E-state index contributed by atoms with van der Waals surface area (Å²) in [6.45, 7) is 4.52. The molecule has 2 aromatic rings. The third-order valence-corrected chi connectivity index (χ3v) is 3.21. The van der Waals surface area contributed by atoms with Crippen LogP contribution in [0.1, 0.15) is 24.2 Å². The maximum atomic E-state index is 12.2. The van der Waals surface area contributed by atoms with Gasteiger partial charge in [0.25, 0.3) is 11.6 Å². The van der Waals surface area contributed by atoms with E-state index in [0.29, 0.717) is 18.5 Å². The van der Waals surface area contributed by atoms with Crippen LogP contribution in [0.2, 0.25) is 0 Å². The van der Waals surface area contributed by atoms with Gasteiger partial charge < -0.3 is 9.32 Å². The molecule has 7 nitrogen and oxygen atoms in total. The summed E-state index contributed by atoms with van der Waals surface area (Å²) in [6, 6.07) is 5.21. The van der Waals surface area contributed by atoms with E-state index in [4.69, 9.17) is 4.42 Å². The fourth-order valence-corrected chi connectivity index (χ4v) is 2.05. The molecule has 0 saturated heterocycles. The molecule has 21 heavy (non-hydrogen) atoms. The van der Waals surface area contributed by atoms with Crippen molar-refractivity contribution in [2.24, 2.45) is 0 Å². The van der Waals surface area contributed by atoms with Gasteiger partial charge in [-0.25, -0.2) is 4.79 Å². The number of hydrogen-bond acceptors (Lipinski definition) is 5. The first-order valence-corrected chi connectivity index (χ1v) is 6.49. The highest BCUT2D eigenvalue weighted by molar-refractivity contribution is 5.96. The number of rotatable bonds is 4. The number of nitro benzene ring substituents is 1. The predicted molar refractivity (Wildman–Crippen MR) is 76.4 cm³/mol. The average Bonchev–Trinajstić information content (AvgIpc) is 2.47. The van der Waals surface area contributed by atoms with Crippen LogP contribution >= 0.6 is 0 Å². The second-order valence-corrected chi connectivity index (χ2v) is 4.40. The van der Waals surface area contributed by atoms with Crippen molar-refractivity contribution in [2.45, 2.75) is 13.8 Å². The maximum Gasteiger partial charge on any atom is 0.349 e. The van der Waals surface area contributed by atoms with E-state index in [-0.39, 0.29) is 16.8 Å². The Hall–Kier alpha value is -2.70. The minimum Gasteiger partial charge on any atom is -0.422 e. The average molecular weight is 290 g/mol. The van der Waals surface area contributed by atoms with Crippen molar-refractivity contribution >= 4 is 22.6 Å². The Bertz CT molecular complexity index is 762. The van der Waals surface area contributed by atoms with Gasteiger partial charge in [-0.15, -0.1) is 0 Å². The highest BCUT2D eigenvalue weighted by Crippen LogP contribution is 2.20. The Morgan fingerprint density at radius 3 is 2.52 bits per heavy atom. The molecule has 110 valence electrons. The van der Waals surface area contributed by atoms with Gasteiger partial charge in [-0.3, -0.25) is 14.9 Å². The lowest BCUT2D eigenvalue weighted by molar-refractivity contribution is -0.384. The van der Waals surface area contributed by atoms with E-state index in [0.717, 1.165) is 0 Å². The van der Waals surface area contributed by atoms with Crippen molar-refractivity contribution in [1.29, 1.82) is 0 Å². The van der Waals surface area contributed by atoms with E-state index in [2.05, 4.69) is 0 Å². The van der Waals surface area contributed by atoms with Crippen LogP contribution in [0.5, 0.6) is 0 Å². The normalized spacial score (nSPS) is 10.6. The summed E-state index contributed by atoms with van der Waals surface area (Å²) in [5, 5.41) is 11.1. The van der Waals surface area contributed by atoms with Gasteiger partial charge in [0.05, 0.1) is 4.92 Å². The molecular formula is C14H14N2O5. The van der Waals surface area contributed by atoms with E-state index in [1.807, 2.05) is 0 Å². The summed E-state index contributed by atoms with van der Waals surface area (Å²) >= 11 is 0. The standard InChI is InChI=1S/C14H14N2O5/c1-3-15(4-2)13(17)11-8-9-7-10(16(19)20)5-6-12(9)21-14(11)18/h5-8H,3-4H2,1-2H3. The molecule has 0 aliphatic carbocycles. The van der Waals surface area contributed by atoms with E-state index >= 15 is 0 Å². The lowest BCUT2D eigenvalue weighted by Gasteiger charge is -2.17. The summed E-state index contributed by atoms with van der Waals surface area (Å²) in [5.74, 6) is -0.442. The van der Waals surface area contributed by atoms with Crippen LogP contribution < -0.4 is 5.63 Å². The molecular weight excluding hydrogens is 276 g/mol. The smallest absolute Gasteiger partial charge is 0.349 e. The molecule has 0 radical (unpaired) electrons. The number of carbonyl (C=O) groups excluding carboxylic acids is 1. The quantitative estimate of drug-likeness (QED) is 0.488. The zero-order valence-electron chi connectivity index (χ0n) is 11.7. The molecule has 1 aromatic heterocycles. The van der Waals surface area contributed by atoms with Gasteiger partial charge in [-0.05, 0) is 26.0 Å². The summed E-state index contributed by atoms with van der Waals surface area (Å²) in [7, 11) is 0. The SMILES string of the molecule is CCN(CC)C(=O)c1cc2cc([N+](=O)[O-])ccc2oc1=O. The first-order chi connectivity index (χ1) is 9.97. The highest BCUT2D eigenvalue weighted by atomic mass is 16.6. The Kier molecular flexibility index (Phi) is 4.02. The van der Waals surface area contributed by atoms with Gasteiger partial charge in [0, 0.05) is 30.6 Å². The van der Waals surface area contributed by atoms with Crippen molar-refractivity contribution in [1.82, 2.24) is 4.90 Å². The Morgan fingerprint density at radius 2 is 1.95 bits per heavy atom. The predicted octanol–water partition coefficient (Wildman–Crippen LogP) is 2.18. The highest BCUT2D eigenvalue weighted by Gasteiger charge is 2.19. The Labute approximate surface area is 119 Å². The van der Waals surface area contributed by atoms with Crippen molar-refractivity contribution in [3.63, 3.8) is 0 Å². The van der Waals surface area contributed by atoms with Gasteiger partial charge in [-0.2, -0.15) is 0 Å². The molecule has 0 aliphatic heterocycles. The largest absolute Gasteiger partial charge is 0.422 e. The number of carbonyl (C=O) groups is 1. The fraction of sp³-hybridized carbons (Fsp3) is 0.286. The number of fused-ring (bicyclic) bond motifs is 1. The zero-order chi connectivity index (χ0) is 15.6. The minimum absolute atomic E-state index is 0.119. The third-order valence-electron chi connectivity index (χ3n) is 3.21. The maximum absolute atomic E-state index is 12.2. The van der Waals surface area contributed by atoms with Crippen LogP contribution in [-0.4, -0.2) is 28.8 Å². The fourth-order valence-electron chi connectivity index (χ4n) is 2.05. The molecule has 7 heteroatoms. The lowest BCUT2D eigenvalue weighted by Crippen LogP contribution is -2.33. The van der Waals surface area contributed by atoms with Gasteiger partial charge >= 0.3 is 5.63 Å². The number of nitro groups is 1. The summed E-state index contributed by atoms with van der Waals surface area (Å²) in [5.41, 5.74) is -0.778. The van der Waals surface area contributed by atoms with Crippen molar-refractivity contribution in [3.8, 4) is 0 Å². The molecule has 0 spiro atoms.